The summed E-state index contributed by atoms with van der Waals surface area (Å²) >= 11 is 1.52. The standard InChI is InChI=1S/C20H20N2O3S/c1-11-6-5-7-12(10-11)21-18(24)16-17(23)15-13-8-3-2-4-9-14(13)26-20(15)22-19(16)25/h5-7,10H,2-4,8-9H2,1H3,(H,21,24)(H2,22,23,25). The van der Waals surface area contributed by atoms with Crippen molar-refractivity contribution >= 4 is 33.1 Å². The van der Waals surface area contributed by atoms with Crippen LogP contribution in [0, 0.1) is 6.92 Å². The minimum absolute atomic E-state index is 0.201. The van der Waals surface area contributed by atoms with Gasteiger partial charge in [0, 0.05) is 10.6 Å². The number of nitrogens with one attached hydrogen (secondary N) is 2. The molecule has 1 aliphatic rings. The number of H-pyrrole nitrogens is 1. The normalized spacial score (nSPS) is 14.0. The van der Waals surface area contributed by atoms with Gasteiger partial charge in [0.1, 0.15) is 16.1 Å². The molecule has 4 rings (SSSR count). The van der Waals surface area contributed by atoms with Gasteiger partial charge in [-0.1, -0.05) is 18.6 Å². The number of aromatic amines is 1. The molecule has 134 valence electrons. The van der Waals surface area contributed by atoms with Gasteiger partial charge in [0.05, 0.1) is 5.39 Å². The quantitative estimate of drug-likeness (QED) is 0.595. The van der Waals surface area contributed by atoms with Gasteiger partial charge in [0.25, 0.3) is 11.5 Å². The van der Waals surface area contributed by atoms with E-state index in [2.05, 4.69) is 10.3 Å². The molecule has 1 aromatic carbocycles. The van der Waals surface area contributed by atoms with Gasteiger partial charge in [-0.15, -0.1) is 11.3 Å². The summed E-state index contributed by atoms with van der Waals surface area (Å²) < 4.78 is 0. The number of benzene rings is 1. The summed E-state index contributed by atoms with van der Waals surface area (Å²) in [7, 11) is 0. The Morgan fingerprint density at radius 2 is 2.04 bits per heavy atom. The third-order valence-corrected chi connectivity index (χ3v) is 6.06. The van der Waals surface area contributed by atoms with Crippen LogP contribution in [0.2, 0.25) is 0 Å². The van der Waals surface area contributed by atoms with E-state index in [0.29, 0.717) is 15.9 Å². The summed E-state index contributed by atoms with van der Waals surface area (Å²) in [6, 6.07) is 7.33. The first-order valence-electron chi connectivity index (χ1n) is 8.82. The molecule has 1 amide bonds. The Morgan fingerprint density at radius 1 is 1.23 bits per heavy atom. The lowest BCUT2D eigenvalue weighted by Crippen LogP contribution is -2.23. The highest BCUT2D eigenvalue weighted by Crippen LogP contribution is 2.39. The topological polar surface area (TPSA) is 82.2 Å². The summed E-state index contributed by atoms with van der Waals surface area (Å²) in [5, 5.41) is 14.2. The molecule has 0 aliphatic heterocycles. The molecule has 26 heavy (non-hydrogen) atoms. The van der Waals surface area contributed by atoms with Crippen molar-refractivity contribution in [3.05, 3.63) is 56.2 Å². The number of hydrogen-bond donors (Lipinski definition) is 3. The molecule has 6 heteroatoms. The number of amides is 1. The van der Waals surface area contributed by atoms with Crippen LogP contribution in [0.5, 0.6) is 5.75 Å². The van der Waals surface area contributed by atoms with Crippen LogP contribution in [0.1, 0.15) is 45.6 Å². The number of aromatic nitrogens is 1. The van der Waals surface area contributed by atoms with Gasteiger partial charge in [-0.25, -0.2) is 0 Å². The van der Waals surface area contributed by atoms with E-state index < -0.39 is 11.5 Å². The largest absolute Gasteiger partial charge is 0.506 e. The van der Waals surface area contributed by atoms with E-state index in [0.717, 1.165) is 43.2 Å². The van der Waals surface area contributed by atoms with E-state index in [1.807, 2.05) is 25.1 Å². The van der Waals surface area contributed by atoms with Crippen molar-refractivity contribution in [1.29, 1.82) is 0 Å². The first kappa shape index (κ1) is 16.8. The third-order valence-electron chi connectivity index (χ3n) is 4.85. The second kappa shape index (κ2) is 6.61. The Balaban J connectivity index is 1.81. The molecule has 0 unspecified atom stereocenters. The smallest absolute Gasteiger partial charge is 0.265 e. The predicted molar refractivity (Wildman–Crippen MR) is 105 cm³/mol. The van der Waals surface area contributed by atoms with Crippen molar-refractivity contribution in [2.45, 2.75) is 39.0 Å². The number of hydrogen-bond acceptors (Lipinski definition) is 4. The number of pyridine rings is 1. The van der Waals surface area contributed by atoms with Gasteiger partial charge in [-0.2, -0.15) is 0 Å². The fraction of sp³-hybridized carbons (Fsp3) is 0.300. The first-order chi connectivity index (χ1) is 12.5. The lowest BCUT2D eigenvalue weighted by Gasteiger charge is -2.08. The molecule has 0 atom stereocenters. The molecule has 0 saturated heterocycles. The number of aromatic hydroxyl groups is 1. The maximum Gasteiger partial charge on any atom is 0.265 e. The molecule has 0 fully saturated rings. The summed E-state index contributed by atoms with van der Waals surface area (Å²) in [5.74, 6) is -0.793. The van der Waals surface area contributed by atoms with E-state index in [1.54, 1.807) is 6.07 Å². The van der Waals surface area contributed by atoms with Gasteiger partial charge in [-0.3, -0.25) is 9.59 Å². The average Bonchev–Trinajstić information content (AvgIpc) is 2.76. The molecule has 0 spiro atoms. The van der Waals surface area contributed by atoms with Crippen molar-refractivity contribution < 1.29 is 9.90 Å². The molecular formula is C20H20N2O3S. The van der Waals surface area contributed by atoms with Crippen LogP contribution < -0.4 is 10.9 Å². The van der Waals surface area contributed by atoms with E-state index in [9.17, 15) is 14.7 Å². The third kappa shape index (κ3) is 2.90. The van der Waals surface area contributed by atoms with Crippen LogP contribution >= 0.6 is 11.3 Å². The number of rotatable bonds is 2. The van der Waals surface area contributed by atoms with Crippen LogP contribution in [0.4, 0.5) is 5.69 Å². The van der Waals surface area contributed by atoms with Crippen LogP contribution in [-0.2, 0) is 12.8 Å². The zero-order valence-electron chi connectivity index (χ0n) is 14.5. The Labute approximate surface area is 154 Å². The number of thiophene rings is 1. The Morgan fingerprint density at radius 3 is 2.85 bits per heavy atom. The molecule has 3 N–H and O–H groups in total. The van der Waals surface area contributed by atoms with E-state index >= 15 is 0 Å². The van der Waals surface area contributed by atoms with Crippen molar-refractivity contribution in [3.63, 3.8) is 0 Å². The number of carbonyl (C=O) groups is 1. The van der Waals surface area contributed by atoms with Gasteiger partial charge in [0.2, 0.25) is 0 Å². The highest BCUT2D eigenvalue weighted by Gasteiger charge is 2.25. The highest BCUT2D eigenvalue weighted by atomic mass is 32.1. The van der Waals surface area contributed by atoms with Crippen molar-refractivity contribution in [1.82, 2.24) is 4.98 Å². The van der Waals surface area contributed by atoms with Crippen molar-refractivity contribution in [3.8, 4) is 5.75 Å². The number of carbonyl (C=O) groups excluding carboxylic acids is 1. The first-order valence-corrected chi connectivity index (χ1v) is 9.64. The molecule has 0 saturated carbocycles. The lowest BCUT2D eigenvalue weighted by molar-refractivity contribution is 0.102. The fourth-order valence-electron chi connectivity index (χ4n) is 3.61. The summed E-state index contributed by atoms with van der Waals surface area (Å²) in [6.45, 7) is 1.92. The van der Waals surface area contributed by atoms with Crippen LogP contribution in [0.25, 0.3) is 10.2 Å². The SMILES string of the molecule is Cc1cccc(NC(=O)c2c(O)c3c4c(sc3[nH]c2=O)CCCCC4)c1. The predicted octanol–water partition coefficient (Wildman–Crippen LogP) is 4.12. The Kier molecular flexibility index (Phi) is 4.28. The number of fused-ring (bicyclic) bond motifs is 3. The van der Waals surface area contributed by atoms with Crippen LogP contribution in [-0.4, -0.2) is 16.0 Å². The van der Waals surface area contributed by atoms with E-state index in [1.165, 1.54) is 16.2 Å². The Hall–Kier alpha value is -2.60. The molecule has 1 aliphatic carbocycles. The maximum atomic E-state index is 12.7. The van der Waals surface area contributed by atoms with Crippen molar-refractivity contribution in [2.24, 2.45) is 0 Å². The molecule has 2 heterocycles. The summed E-state index contributed by atoms with van der Waals surface area (Å²) in [6.07, 6.45) is 5.16. The van der Waals surface area contributed by atoms with Crippen molar-refractivity contribution in [2.75, 3.05) is 5.32 Å². The lowest BCUT2D eigenvalue weighted by atomic mass is 10.0. The zero-order chi connectivity index (χ0) is 18.3. The van der Waals surface area contributed by atoms with Gasteiger partial charge in [0.15, 0.2) is 0 Å². The monoisotopic (exact) mass is 368 g/mol. The minimum atomic E-state index is -0.593. The van der Waals surface area contributed by atoms with E-state index in [4.69, 9.17) is 0 Å². The van der Waals surface area contributed by atoms with E-state index in [-0.39, 0.29) is 11.3 Å². The highest BCUT2D eigenvalue weighted by molar-refractivity contribution is 7.18. The molecule has 0 bridgehead atoms. The Bertz CT molecular complexity index is 1060. The number of anilines is 1. The van der Waals surface area contributed by atoms with Crippen LogP contribution in [0.15, 0.2) is 29.1 Å². The van der Waals surface area contributed by atoms with Gasteiger partial charge in [-0.05, 0) is 55.9 Å². The van der Waals surface area contributed by atoms with Gasteiger partial charge >= 0.3 is 0 Å². The molecule has 0 radical (unpaired) electrons. The van der Waals surface area contributed by atoms with Gasteiger partial charge < -0.3 is 15.4 Å². The average molecular weight is 368 g/mol. The summed E-state index contributed by atoms with van der Waals surface area (Å²) in [5.41, 5.74) is 1.90. The zero-order valence-corrected chi connectivity index (χ0v) is 15.3. The fourth-order valence-corrected chi connectivity index (χ4v) is 4.89. The summed E-state index contributed by atoms with van der Waals surface area (Å²) in [4.78, 5) is 29.8. The molecular weight excluding hydrogens is 348 g/mol. The number of aryl methyl sites for hydroxylation is 3. The second-order valence-electron chi connectivity index (χ2n) is 6.77. The van der Waals surface area contributed by atoms with Crippen LogP contribution in [0.3, 0.4) is 0 Å². The molecule has 2 aromatic heterocycles. The molecule has 5 nitrogen and oxygen atoms in total. The maximum absolute atomic E-state index is 12.7. The molecule has 3 aromatic rings. The minimum Gasteiger partial charge on any atom is -0.506 e. The second-order valence-corrected chi connectivity index (χ2v) is 7.88.